The van der Waals surface area contributed by atoms with Gasteiger partial charge in [-0.25, -0.2) is 4.98 Å². The Kier molecular flexibility index (Phi) is 3.97. The van der Waals surface area contributed by atoms with Crippen LogP contribution >= 0.6 is 0 Å². The molecule has 0 saturated heterocycles. The van der Waals surface area contributed by atoms with Crippen molar-refractivity contribution in [1.82, 2.24) is 9.55 Å². The molecule has 2 aromatic rings. The number of nitrogens with zero attached hydrogens (tertiary/aromatic N) is 3. The van der Waals surface area contributed by atoms with Crippen LogP contribution in [0.4, 0.5) is 15.9 Å². The maximum Gasteiger partial charge on any atom is 0.287 e. The maximum atomic E-state index is 13.0. The average molecular weight is 292 g/mol. The van der Waals surface area contributed by atoms with E-state index in [0.29, 0.717) is 0 Å². The van der Waals surface area contributed by atoms with Gasteiger partial charge < -0.3 is 9.88 Å². The first-order valence-corrected chi connectivity index (χ1v) is 6.18. The number of rotatable bonds is 4. The van der Waals surface area contributed by atoms with E-state index in [1.807, 2.05) is 0 Å². The van der Waals surface area contributed by atoms with E-state index in [9.17, 15) is 19.3 Å². The number of hydrogen-bond acceptors (Lipinski definition) is 4. The van der Waals surface area contributed by atoms with Crippen molar-refractivity contribution in [3.8, 4) is 0 Å². The Morgan fingerprint density at radius 2 is 2.19 bits per heavy atom. The Labute approximate surface area is 119 Å². The lowest BCUT2D eigenvalue weighted by Crippen LogP contribution is -2.18. The second kappa shape index (κ2) is 5.70. The summed E-state index contributed by atoms with van der Waals surface area (Å²) >= 11 is 0. The van der Waals surface area contributed by atoms with Gasteiger partial charge in [0.05, 0.1) is 11.1 Å². The number of hydrogen-bond donors (Lipinski definition) is 1. The van der Waals surface area contributed by atoms with Gasteiger partial charge in [0.15, 0.2) is 0 Å². The molecule has 8 heteroatoms. The number of pyridine rings is 1. The predicted molar refractivity (Wildman–Crippen MR) is 73.6 cm³/mol. The third kappa shape index (κ3) is 3.22. The highest BCUT2D eigenvalue weighted by Crippen LogP contribution is 2.21. The summed E-state index contributed by atoms with van der Waals surface area (Å²) in [5.41, 5.74) is -0.0659. The molecule has 1 N–H and O–H groups in total. The molecule has 0 unspecified atom stereocenters. The van der Waals surface area contributed by atoms with Crippen LogP contribution in [0.2, 0.25) is 0 Å². The van der Waals surface area contributed by atoms with Crippen molar-refractivity contribution in [2.45, 2.75) is 19.9 Å². The Morgan fingerprint density at radius 1 is 1.48 bits per heavy atom. The summed E-state index contributed by atoms with van der Waals surface area (Å²) in [4.78, 5) is 25.9. The van der Waals surface area contributed by atoms with Gasteiger partial charge in [0.25, 0.3) is 11.6 Å². The molecular formula is C13H13FN4O3. The van der Waals surface area contributed by atoms with Crippen LogP contribution < -0.4 is 5.32 Å². The quantitative estimate of drug-likeness (QED) is 0.533. The number of aromatic nitrogens is 2. The van der Waals surface area contributed by atoms with Gasteiger partial charge >= 0.3 is 0 Å². The number of nitro groups is 1. The molecule has 2 heterocycles. The molecule has 0 radical (unpaired) electrons. The Balaban J connectivity index is 2.32. The van der Waals surface area contributed by atoms with Crippen LogP contribution in [0, 0.1) is 16.1 Å². The standard InChI is InChI=1S/C13H13FN4O3/c1-8(2)17-7-9(18(20)21)6-10(17)13(19)16-12-5-3-4-11(14)15-12/h3-8H,1-2H3,(H,15,16,19). The van der Waals surface area contributed by atoms with Crippen molar-refractivity contribution >= 4 is 17.4 Å². The fraction of sp³-hybridized carbons (Fsp3) is 0.231. The van der Waals surface area contributed by atoms with Crippen molar-refractivity contribution < 1.29 is 14.1 Å². The Hall–Kier alpha value is -2.77. The van der Waals surface area contributed by atoms with Crippen molar-refractivity contribution in [2.75, 3.05) is 5.32 Å². The first-order valence-electron chi connectivity index (χ1n) is 6.18. The van der Waals surface area contributed by atoms with E-state index in [2.05, 4.69) is 10.3 Å². The first kappa shape index (κ1) is 14.6. The lowest BCUT2D eigenvalue weighted by molar-refractivity contribution is -0.384. The van der Waals surface area contributed by atoms with Crippen molar-refractivity contribution in [1.29, 1.82) is 0 Å². The number of nitrogens with one attached hydrogen (secondary N) is 1. The Bertz CT molecular complexity index is 696. The monoisotopic (exact) mass is 292 g/mol. The summed E-state index contributed by atoms with van der Waals surface area (Å²) in [6, 6.07) is 5.02. The van der Waals surface area contributed by atoms with Gasteiger partial charge in [0, 0.05) is 12.1 Å². The summed E-state index contributed by atoms with van der Waals surface area (Å²) in [6.45, 7) is 3.59. The third-order valence-corrected chi connectivity index (χ3v) is 2.79. The molecule has 0 aliphatic rings. The lowest BCUT2D eigenvalue weighted by atomic mass is 10.3. The van der Waals surface area contributed by atoms with E-state index in [0.717, 1.165) is 6.07 Å². The Morgan fingerprint density at radius 3 is 2.76 bits per heavy atom. The van der Waals surface area contributed by atoms with E-state index in [1.54, 1.807) is 13.8 Å². The minimum Gasteiger partial charge on any atom is -0.335 e. The van der Waals surface area contributed by atoms with Gasteiger partial charge in [0.1, 0.15) is 11.5 Å². The molecule has 0 bridgehead atoms. The zero-order valence-electron chi connectivity index (χ0n) is 11.4. The normalized spacial score (nSPS) is 10.7. The molecule has 21 heavy (non-hydrogen) atoms. The van der Waals surface area contributed by atoms with Gasteiger partial charge in [-0.2, -0.15) is 4.39 Å². The smallest absolute Gasteiger partial charge is 0.287 e. The summed E-state index contributed by atoms with van der Waals surface area (Å²) in [5, 5.41) is 13.2. The highest BCUT2D eigenvalue weighted by atomic mass is 19.1. The minimum absolute atomic E-state index is 0.0409. The zero-order valence-corrected chi connectivity index (χ0v) is 11.4. The largest absolute Gasteiger partial charge is 0.335 e. The van der Waals surface area contributed by atoms with E-state index in [4.69, 9.17) is 0 Å². The van der Waals surface area contributed by atoms with E-state index >= 15 is 0 Å². The molecule has 1 amide bonds. The molecule has 2 rings (SSSR count). The molecule has 0 aliphatic carbocycles. The van der Waals surface area contributed by atoms with Gasteiger partial charge in [-0.05, 0) is 26.0 Å². The highest BCUT2D eigenvalue weighted by molar-refractivity contribution is 6.03. The molecule has 0 atom stereocenters. The van der Waals surface area contributed by atoms with Gasteiger partial charge in [-0.15, -0.1) is 0 Å². The summed E-state index contributed by atoms with van der Waals surface area (Å²) in [6.07, 6.45) is 1.29. The van der Waals surface area contributed by atoms with Gasteiger partial charge in [0.2, 0.25) is 5.95 Å². The lowest BCUT2D eigenvalue weighted by Gasteiger charge is -2.11. The number of halogens is 1. The second-order valence-corrected chi connectivity index (χ2v) is 4.64. The summed E-state index contributed by atoms with van der Waals surface area (Å²) in [7, 11) is 0. The topological polar surface area (TPSA) is 90.1 Å². The predicted octanol–water partition coefficient (Wildman–Crippen LogP) is 2.76. The number of anilines is 1. The summed E-state index contributed by atoms with van der Waals surface area (Å²) < 4.78 is 14.5. The minimum atomic E-state index is -0.724. The fourth-order valence-corrected chi connectivity index (χ4v) is 1.83. The molecule has 2 aromatic heterocycles. The van der Waals surface area contributed by atoms with Crippen LogP contribution in [0.15, 0.2) is 30.5 Å². The molecule has 0 aromatic carbocycles. The highest BCUT2D eigenvalue weighted by Gasteiger charge is 2.21. The van der Waals surface area contributed by atoms with E-state index in [-0.39, 0.29) is 23.2 Å². The van der Waals surface area contributed by atoms with Crippen LogP contribution in [-0.4, -0.2) is 20.4 Å². The van der Waals surface area contributed by atoms with Crippen molar-refractivity contribution in [2.24, 2.45) is 0 Å². The maximum absolute atomic E-state index is 13.0. The molecule has 7 nitrogen and oxygen atoms in total. The average Bonchev–Trinajstić information content (AvgIpc) is 2.84. The third-order valence-electron chi connectivity index (χ3n) is 2.79. The summed E-state index contributed by atoms with van der Waals surface area (Å²) in [5.74, 6) is -1.27. The van der Waals surface area contributed by atoms with Crippen molar-refractivity contribution in [3.05, 3.63) is 52.2 Å². The molecular weight excluding hydrogens is 279 g/mol. The number of amides is 1. The molecule has 110 valence electrons. The number of carbonyl (C=O) groups excluding carboxylic acids is 1. The molecule has 0 saturated carbocycles. The van der Waals surface area contributed by atoms with E-state index < -0.39 is 16.8 Å². The fourth-order valence-electron chi connectivity index (χ4n) is 1.83. The van der Waals surface area contributed by atoms with Gasteiger partial charge in [-0.1, -0.05) is 6.07 Å². The van der Waals surface area contributed by atoms with Crippen LogP contribution in [0.1, 0.15) is 30.4 Å². The first-order chi connectivity index (χ1) is 9.88. The molecule has 0 spiro atoms. The van der Waals surface area contributed by atoms with Crippen LogP contribution in [0.25, 0.3) is 0 Å². The molecule has 0 aliphatic heterocycles. The van der Waals surface area contributed by atoms with Crippen LogP contribution in [-0.2, 0) is 0 Å². The van der Waals surface area contributed by atoms with Crippen molar-refractivity contribution in [3.63, 3.8) is 0 Å². The van der Waals surface area contributed by atoms with E-state index in [1.165, 1.54) is 29.0 Å². The SMILES string of the molecule is CC(C)n1cc([N+](=O)[O-])cc1C(=O)Nc1cccc(F)n1. The van der Waals surface area contributed by atoms with Crippen LogP contribution in [0.5, 0.6) is 0 Å². The molecule has 0 fully saturated rings. The van der Waals surface area contributed by atoms with Crippen LogP contribution in [0.3, 0.4) is 0 Å². The zero-order chi connectivity index (χ0) is 15.6. The van der Waals surface area contributed by atoms with Gasteiger partial charge in [-0.3, -0.25) is 14.9 Å². The number of carbonyl (C=O) groups is 1. The second-order valence-electron chi connectivity index (χ2n) is 4.64.